The predicted molar refractivity (Wildman–Crippen MR) is 201 cm³/mol. The molecule has 0 rings (SSSR count). The van der Waals surface area contributed by atoms with Gasteiger partial charge in [-0.2, -0.15) is 0 Å². The van der Waals surface area contributed by atoms with Gasteiger partial charge >= 0.3 is 0 Å². The van der Waals surface area contributed by atoms with Gasteiger partial charge in [0.2, 0.25) is 5.91 Å². The molecule has 0 spiro atoms. The van der Waals surface area contributed by atoms with Gasteiger partial charge in [0.25, 0.3) is 0 Å². The largest absolute Gasteiger partial charge is 0.394 e. The molecule has 6 heteroatoms. The molecule has 0 aliphatic rings. The van der Waals surface area contributed by atoms with Crippen LogP contribution in [0.1, 0.15) is 200 Å². The highest BCUT2D eigenvalue weighted by molar-refractivity contribution is 5.80. The van der Waals surface area contributed by atoms with Crippen molar-refractivity contribution in [2.45, 2.75) is 224 Å². The molecule has 0 aromatic heterocycles. The minimum Gasteiger partial charge on any atom is -0.394 e. The Labute approximate surface area is 291 Å². The molecule has 47 heavy (non-hydrogen) atoms. The van der Waals surface area contributed by atoms with Crippen molar-refractivity contribution in [1.82, 2.24) is 5.32 Å². The van der Waals surface area contributed by atoms with Crippen molar-refractivity contribution >= 4 is 5.91 Å². The Bertz CT molecular complexity index is 712. The Morgan fingerprint density at radius 2 is 0.936 bits per heavy atom. The Hall–Kier alpha value is -1.21. The first kappa shape index (κ1) is 45.8. The third kappa shape index (κ3) is 30.6. The van der Waals surface area contributed by atoms with E-state index in [2.05, 4.69) is 43.5 Å². The van der Waals surface area contributed by atoms with E-state index >= 15 is 0 Å². The monoisotopic (exact) mass is 666 g/mol. The average Bonchev–Trinajstić information content (AvgIpc) is 3.07. The van der Waals surface area contributed by atoms with E-state index in [4.69, 9.17) is 0 Å². The van der Waals surface area contributed by atoms with E-state index in [0.717, 1.165) is 44.9 Å². The number of rotatable bonds is 36. The van der Waals surface area contributed by atoms with E-state index in [0.29, 0.717) is 19.3 Å². The highest BCUT2D eigenvalue weighted by Gasteiger charge is 2.28. The van der Waals surface area contributed by atoms with Crippen molar-refractivity contribution in [3.8, 4) is 0 Å². The van der Waals surface area contributed by atoms with Crippen molar-refractivity contribution in [2.75, 3.05) is 6.61 Å². The minimum absolute atomic E-state index is 0.363. The van der Waals surface area contributed by atoms with Gasteiger partial charge in [-0.3, -0.25) is 4.79 Å². The summed E-state index contributed by atoms with van der Waals surface area (Å²) in [6, 6.07) is -1.00. The fourth-order valence-electron chi connectivity index (χ4n) is 6.19. The summed E-state index contributed by atoms with van der Waals surface area (Å²) in [4.78, 5) is 12.4. The molecule has 5 N–H and O–H groups in total. The second-order valence-corrected chi connectivity index (χ2v) is 13.9. The lowest BCUT2D eigenvalue weighted by atomic mass is 10.00. The van der Waals surface area contributed by atoms with E-state index in [1.54, 1.807) is 0 Å². The molecule has 0 saturated heterocycles. The van der Waals surface area contributed by atoms with Crippen LogP contribution in [-0.2, 0) is 4.79 Å². The molecule has 0 bridgehead atoms. The number of carbonyl (C=O) groups is 1. The predicted octanol–water partition coefficient (Wildman–Crippen LogP) is 10.0. The Morgan fingerprint density at radius 3 is 1.36 bits per heavy atom. The number of amides is 1. The standard InChI is InChI=1S/C41H79NO5/c1-3-5-7-9-11-13-14-15-16-17-18-19-20-21-22-23-24-25-27-29-31-33-35-39(45)41(47)42-37(36-43)40(46)38(44)34-32-30-28-26-12-10-8-6-4-2/h6,8,26,28,37-40,43-46H,3-5,7,9-25,27,29-36H2,1-2H3,(H,42,47)/b8-6+,28-26+. The van der Waals surface area contributed by atoms with Crippen LogP contribution in [0.15, 0.2) is 24.3 Å². The number of hydrogen-bond acceptors (Lipinski definition) is 5. The van der Waals surface area contributed by atoms with Gasteiger partial charge < -0.3 is 25.7 Å². The number of aliphatic hydroxyl groups is 4. The summed E-state index contributed by atoms with van der Waals surface area (Å²) in [7, 11) is 0. The van der Waals surface area contributed by atoms with E-state index < -0.39 is 36.9 Å². The van der Waals surface area contributed by atoms with Gasteiger partial charge in [-0.1, -0.05) is 179 Å². The number of carbonyl (C=O) groups excluding carboxylic acids is 1. The van der Waals surface area contributed by atoms with Crippen LogP contribution in [-0.4, -0.2) is 57.3 Å². The fourth-order valence-corrected chi connectivity index (χ4v) is 6.19. The smallest absolute Gasteiger partial charge is 0.249 e. The maximum Gasteiger partial charge on any atom is 0.249 e. The van der Waals surface area contributed by atoms with Crippen molar-refractivity contribution in [2.24, 2.45) is 0 Å². The molecule has 0 radical (unpaired) electrons. The average molecular weight is 666 g/mol. The van der Waals surface area contributed by atoms with Crippen LogP contribution in [0.4, 0.5) is 0 Å². The molecular formula is C41H79NO5. The zero-order valence-corrected chi connectivity index (χ0v) is 31.0. The molecule has 0 saturated carbocycles. The first-order valence-corrected chi connectivity index (χ1v) is 20.2. The molecule has 6 nitrogen and oxygen atoms in total. The molecule has 0 fully saturated rings. The van der Waals surface area contributed by atoms with Crippen LogP contribution in [0.3, 0.4) is 0 Å². The van der Waals surface area contributed by atoms with Gasteiger partial charge in [-0.05, 0) is 44.9 Å². The summed E-state index contributed by atoms with van der Waals surface area (Å²) in [6.07, 6.45) is 39.4. The van der Waals surface area contributed by atoms with E-state index in [1.165, 1.54) is 122 Å². The van der Waals surface area contributed by atoms with Gasteiger partial charge in [0, 0.05) is 0 Å². The van der Waals surface area contributed by atoms with Crippen LogP contribution >= 0.6 is 0 Å². The van der Waals surface area contributed by atoms with Crippen molar-refractivity contribution in [1.29, 1.82) is 0 Å². The maximum atomic E-state index is 12.4. The molecule has 278 valence electrons. The van der Waals surface area contributed by atoms with Crippen LogP contribution in [0, 0.1) is 0 Å². The quantitative estimate of drug-likeness (QED) is 0.0338. The zero-order chi connectivity index (χ0) is 34.6. The topological polar surface area (TPSA) is 110 Å². The van der Waals surface area contributed by atoms with Gasteiger partial charge in [-0.25, -0.2) is 0 Å². The Kier molecular flexibility index (Phi) is 35.2. The van der Waals surface area contributed by atoms with E-state index in [1.807, 2.05) is 0 Å². The van der Waals surface area contributed by atoms with Crippen molar-refractivity contribution in [3.63, 3.8) is 0 Å². The number of hydrogen-bond donors (Lipinski definition) is 5. The minimum atomic E-state index is -1.28. The number of aliphatic hydroxyl groups excluding tert-OH is 4. The molecule has 4 unspecified atom stereocenters. The van der Waals surface area contributed by atoms with E-state index in [9.17, 15) is 25.2 Å². The third-order valence-electron chi connectivity index (χ3n) is 9.40. The number of nitrogens with one attached hydrogen (secondary N) is 1. The van der Waals surface area contributed by atoms with Gasteiger partial charge in [-0.15, -0.1) is 0 Å². The SMILES string of the molecule is CC/C=C/CC/C=C/CCCC(O)C(O)C(CO)NC(=O)C(O)CCCCCCCCCCCCCCCCCCCCCCCC. The van der Waals surface area contributed by atoms with Crippen LogP contribution in [0.5, 0.6) is 0 Å². The van der Waals surface area contributed by atoms with Crippen LogP contribution in [0.2, 0.25) is 0 Å². The number of allylic oxidation sites excluding steroid dienone is 4. The molecular weight excluding hydrogens is 586 g/mol. The summed E-state index contributed by atoms with van der Waals surface area (Å²) >= 11 is 0. The molecule has 0 aromatic carbocycles. The highest BCUT2D eigenvalue weighted by atomic mass is 16.3. The second kappa shape index (κ2) is 36.1. The summed E-state index contributed by atoms with van der Waals surface area (Å²) in [5.74, 6) is -0.598. The lowest BCUT2D eigenvalue weighted by Gasteiger charge is -2.27. The zero-order valence-electron chi connectivity index (χ0n) is 31.0. The molecule has 0 aliphatic heterocycles. The first-order valence-electron chi connectivity index (χ1n) is 20.2. The summed E-state index contributed by atoms with van der Waals surface area (Å²) in [5.41, 5.74) is 0. The third-order valence-corrected chi connectivity index (χ3v) is 9.40. The normalized spacial score (nSPS) is 14.6. The van der Waals surface area contributed by atoms with Gasteiger partial charge in [0.1, 0.15) is 12.2 Å². The maximum absolute atomic E-state index is 12.4. The molecule has 4 atom stereocenters. The summed E-state index contributed by atoms with van der Waals surface area (Å²) in [5, 5.41) is 43.3. The molecule has 0 aromatic rings. The lowest BCUT2D eigenvalue weighted by molar-refractivity contribution is -0.132. The molecule has 0 aliphatic carbocycles. The Balaban J connectivity index is 3.68. The van der Waals surface area contributed by atoms with Crippen LogP contribution < -0.4 is 5.32 Å². The van der Waals surface area contributed by atoms with Gasteiger partial charge in [0.15, 0.2) is 0 Å². The first-order chi connectivity index (χ1) is 23.0. The fraction of sp³-hybridized carbons (Fsp3) is 0.878. The summed E-state index contributed by atoms with van der Waals surface area (Å²) in [6.45, 7) is 3.90. The van der Waals surface area contributed by atoms with Crippen LogP contribution in [0.25, 0.3) is 0 Å². The van der Waals surface area contributed by atoms with E-state index in [-0.39, 0.29) is 0 Å². The molecule has 1 amide bonds. The lowest BCUT2D eigenvalue weighted by Crippen LogP contribution is -2.53. The highest BCUT2D eigenvalue weighted by Crippen LogP contribution is 2.16. The summed E-state index contributed by atoms with van der Waals surface area (Å²) < 4.78 is 0. The number of unbranched alkanes of at least 4 members (excludes halogenated alkanes) is 23. The second-order valence-electron chi connectivity index (χ2n) is 13.9. The van der Waals surface area contributed by atoms with Crippen molar-refractivity contribution < 1.29 is 25.2 Å². The van der Waals surface area contributed by atoms with Gasteiger partial charge in [0.05, 0.1) is 18.8 Å². The Morgan fingerprint density at radius 1 is 0.532 bits per heavy atom. The molecule has 0 heterocycles. The van der Waals surface area contributed by atoms with Crippen molar-refractivity contribution in [3.05, 3.63) is 24.3 Å².